The Bertz CT molecular complexity index is 1100. The maximum Gasteiger partial charge on any atom is 0.244 e. The standard InChI is InChI=1S/C21H24Cl2FN3O4S/c1-4-25-21(29)14(2)26(12-15-7-5-6-8-17(15)22)20(28)13-27(32(3,30)31)16-9-10-19(24)18(23)11-16/h5-11,14H,4,12-13H2,1-3H3,(H,25,29)/t14-/m0/s1. The number of nitrogens with one attached hydrogen (secondary N) is 1. The molecule has 0 fully saturated rings. The number of halogens is 3. The van der Waals surface area contributed by atoms with Gasteiger partial charge in [-0.1, -0.05) is 41.4 Å². The zero-order valence-electron chi connectivity index (χ0n) is 17.8. The average molecular weight is 504 g/mol. The summed E-state index contributed by atoms with van der Waals surface area (Å²) in [6.45, 7) is 3.02. The molecule has 32 heavy (non-hydrogen) atoms. The Labute approximate surface area is 197 Å². The molecular formula is C21H24Cl2FN3O4S. The van der Waals surface area contributed by atoms with Gasteiger partial charge in [-0.2, -0.15) is 0 Å². The quantitative estimate of drug-likeness (QED) is 0.567. The molecule has 0 radical (unpaired) electrons. The molecule has 0 saturated carbocycles. The topological polar surface area (TPSA) is 86.8 Å². The summed E-state index contributed by atoms with van der Waals surface area (Å²) in [4.78, 5) is 27.0. The van der Waals surface area contributed by atoms with Crippen molar-refractivity contribution in [2.24, 2.45) is 0 Å². The first-order valence-corrected chi connectivity index (χ1v) is 12.3. The van der Waals surface area contributed by atoms with Crippen molar-refractivity contribution in [3.63, 3.8) is 0 Å². The highest BCUT2D eigenvalue weighted by atomic mass is 35.5. The second-order valence-corrected chi connectivity index (χ2v) is 9.77. The molecule has 1 N–H and O–H groups in total. The lowest BCUT2D eigenvalue weighted by Gasteiger charge is -2.31. The molecule has 0 bridgehead atoms. The summed E-state index contributed by atoms with van der Waals surface area (Å²) >= 11 is 12.0. The lowest BCUT2D eigenvalue weighted by Crippen LogP contribution is -2.51. The summed E-state index contributed by atoms with van der Waals surface area (Å²) in [6.07, 6.45) is 0.920. The number of nitrogens with zero attached hydrogens (tertiary/aromatic N) is 2. The molecule has 11 heteroatoms. The molecule has 2 rings (SSSR count). The van der Waals surface area contributed by atoms with Gasteiger partial charge in [-0.05, 0) is 43.7 Å². The molecule has 7 nitrogen and oxygen atoms in total. The van der Waals surface area contributed by atoms with Crippen LogP contribution in [0.15, 0.2) is 42.5 Å². The van der Waals surface area contributed by atoms with E-state index in [1.54, 1.807) is 38.1 Å². The zero-order chi connectivity index (χ0) is 24.1. The highest BCUT2D eigenvalue weighted by Crippen LogP contribution is 2.25. The Morgan fingerprint density at radius 2 is 1.78 bits per heavy atom. The fourth-order valence-corrected chi connectivity index (χ4v) is 4.18. The van der Waals surface area contributed by atoms with Crippen LogP contribution in [-0.2, 0) is 26.2 Å². The second-order valence-electron chi connectivity index (χ2n) is 7.05. The van der Waals surface area contributed by atoms with E-state index in [0.29, 0.717) is 17.1 Å². The van der Waals surface area contributed by atoms with Gasteiger partial charge in [0, 0.05) is 18.1 Å². The van der Waals surface area contributed by atoms with Crippen molar-refractivity contribution in [1.29, 1.82) is 0 Å². The predicted octanol–water partition coefficient (Wildman–Crippen LogP) is 3.45. The first kappa shape index (κ1) is 25.9. The zero-order valence-corrected chi connectivity index (χ0v) is 20.1. The van der Waals surface area contributed by atoms with Gasteiger partial charge in [-0.15, -0.1) is 0 Å². The number of carbonyl (C=O) groups is 2. The normalized spacial score (nSPS) is 12.2. The third kappa shape index (κ3) is 6.57. The minimum Gasteiger partial charge on any atom is -0.355 e. The van der Waals surface area contributed by atoms with E-state index < -0.39 is 40.2 Å². The van der Waals surface area contributed by atoms with Gasteiger partial charge >= 0.3 is 0 Å². The monoisotopic (exact) mass is 503 g/mol. The third-order valence-corrected chi connectivity index (χ3v) is 6.49. The van der Waals surface area contributed by atoms with Gasteiger partial charge in [0.2, 0.25) is 21.8 Å². The SMILES string of the molecule is CCNC(=O)[C@H](C)N(Cc1ccccc1Cl)C(=O)CN(c1ccc(F)c(Cl)c1)S(C)(=O)=O. The highest BCUT2D eigenvalue weighted by molar-refractivity contribution is 7.92. The molecule has 0 aliphatic carbocycles. The van der Waals surface area contributed by atoms with Crippen molar-refractivity contribution in [2.45, 2.75) is 26.4 Å². The largest absolute Gasteiger partial charge is 0.355 e. The lowest BCUT2D eigenvalue weighted by molar-refractivity contribution is -0.139. The molecular weight excluding hydrogens is 480 g/mol. The number of likely N-dealkylation sites (N-methyl/N-ethyl adjacent to an activating group) is 1. The van der Waals surface area contributed by atoms with Gasteiger partial charge in [0.15, 0.2) is 0 Å². The Morgan fingerprint density at radius 1 is 1.12 bits per heavy atom. The van der Waals surface area contributed by atoms with Gasteiger partial charge in [-0.25, -0.2) is 12.8 Å². The van der Waals surface area contributed by atoms with E-state index in [1.807, 2.05) is 0 Å². The van der Waals surface area contributed by atoms with Gasteiger partial charge in [0.05, 0.1) is 17.0 Å². The third-order valence-electron chi connectivity index (χ3n) is 4.69. The molecule has 1 atom stereocenters. The van der Waals surface area contributed by atoms with Crippen molar-refractivity contribution in [3.8, 4) is 0 Å². The van der Waals surface area contributed by atoms with E-state index in [2.05, 4.69) is 5.32 Å². The van der Waals surface area contributed by atoms with Crippen LogP contribution in [-0.4, -0.2) is 50.5 Å². The smallest absolute Gasteiger partial charge is 0.244 e. The number of anilines is 1. The molecule has 0 unspecified atom stereocenters. The summed E-state index contributed by atoms with van der Waals surface area (Å²) < 4.78 is 39.2. The predicted molar refractivity (Wildman–Crippen MR) is 124 cm³/mol. The van der Waals surface area contributed by atoms with E-state index in [4.69, 9.17) is 23.2 Å². The van der Waals surface area contributed by atoms with Crippen molar-refractivity contribution >= 4 is 50.7 Å². The number of benzene rings is 2. The minimum atomic E-state index is -3.94. The van der Waals surface area contributed by atoms with Crippen LogP contribution in [0.25, 0.3) is 0 Å². The van der Waals surface area contributed by atoms with Gasteiger partial charge in [0.1, 0.15) is 18.4 Å². The maximum absolute atomic E-state index is 13.6. The molecule has 174 valence electrons. The Kier molecular flexibility index (Phi) is 8.89. The molecule has 0 aliphatic heterocycles. The fraction of sp³-hybridized carbons (Fsp3) is 0.333. The van der Waals surface area contributed by atoms with Gasteiger partial charge < -0.3 is 10.2 Å². The second kappa shape index (κ2) is 11.0. The first-order valence-electron chi connectivity index (χ1n) is 9.69. The van der Waals surface area contributed by atoms with Gasteiger partial charge in [0.25, 0.3) is 0 Å². The molecule has 0 aromatic heterocycles. The average Bonchev–Trinajstić information content (AvgIpc) is 2.72. The molecule has 0 aliphatic rings. The van der Waals surface area contributed by atoms with Crippen LogP contribution >= 0.6 is 23.2 Å². The number of hydrogen-bond acceptors (Lipinski definition) is 4. The summed E-state index contributed by atoms with van der Waals surface area (Å²) in [5, 5.41) is 2.77. The summed E-state index contributed by atoms with van der Waals surface area (Å²) in [7, 11) is -3.94. The number of hydrogen-bond donors (Lipinski definition) is 1. The van der Waals surface area contributed by atoms with Crippen molar-refractivity contribution in [3.05, 3.63) is 63.9 Å². The highest BCUT2D eigenvalue weighted by Gasteiger charge is 2.30. The van der Waals surface area contributed by atoms with Crippen LogP contribution in [0.4, 0.5) is 10.1 Å². The van der Waals surface area contributed by atoms with E-state index in [1.165, 1.54) is 11.0 Å². The Hall–Kier alpha value is -2.36. The Morgan fingerprint density at radius 3 is 2.34 bits per heavy atom. The Balaban J connectivity index is 2.42. The van der Waals surface area contributed by atoms with Crippen LogP contribution in [0.1, 0.15) is 19.4 Å². The number of sulfonamides is 1. The van der Waals surface area contributed by atoms with Crippen LogP contribution in [0.2, 0.25) is 10.0 Å². The number of rotatable bonds is 9. The molecule has 0 saturated heterocycles. The molecule has 0 spiro atoms. The van der Waals surface area contributed by atoms with Crippen LogP contribution in [0, 0.1) is 5.82 Å². The fourth-order valence-electron chi connectivity index (χ4n) is 2.97. The molecule has 0 heterocycles. The van der Waals surface area contributed by atoms with E-state index in [0.717, 1.165) is 22.7 Å². The molecule has 2 aromatic rings. The number of carbonyl (C=O) groups excluding carboxylic acids is 2. The first-order chi connectivity index (χ1) is 15.0. The minimum absolute atomic E-state index is 0.0153. The van der Waals surface area contributed by atoms with E-state index in [9.17, 15) is 22.4 Å². The van der Waals surface area contributed by atoms with Crippen molar-refractivity contribution < 1.29 is 22.4 Å². The van der Waals surface area contributed by atoms with Crippen LogP contribution < -0.4 is 9.62 Å². The summed E-state index contributed by atoms with van der Waals surface area (Å²) in [6, 6.07) is 9.27. The van der Waals surface area contributed by atoms with E-state index in [-0.39, 0.29) is 17.3 Å². The molecule has 2 amide bonds. The van der Waals surface area contributed by atoms with Gasteiger partial charge in [-0.3, -0.25) is 13.9 Å². The van der Waals surface area contributed by atoms with Crippen LogP contribution in [0.3, 0.4) is 0 Å². The van der Waals surface area contributed by atoms with E-state index >= 15 is 0 Å². The molecule has 2 aromatic carbocycles. The number of amides is 2. The summed E-state index contributed by atoms with van der Waals surface area (Å²) in [5.74, 6) is -1.77. The maximum atomic E-state index is 13.6. The lowest BCUT2D eigenvalue weighted by atomic mass is 10.1. The van der Waals surface area contributed by atoms with Crippen molar-refractivity contribution in [1.82, 2.24) is 10.2 Å². The summed E-state index contributed by atoms with van der Waals surface area (Å²) in [5.41, 5.74) is 0.616. The van der Waals surface area contributed by atoms with Crippen molar-refractivity contribution in [2.75, 3.05) is 23.7 Å². The van der Waals surface area contributed by atoms with Crippen LogP contribution in [0.5, 0.6) is 0 Å².